The molecule has 0 aliphatic rings. The first kappa shape index (κ1) is 19.5. The SMILES string of the molecule is CCc1ccc(C(=O)CCC(=O)OCc2nc3c(C)cccc3c(=O)[nH]2)cc1. The Hall–Kier alpha value is -3.28. The molecule has 0 saturated carbocycles. The summed E-state index contributed by atoms with van der Waals surface area (Å²) in [6.07, 6.45) is 0.960. The van der Waals surface area contributed by atoms with Crippen LogP contribution in [-0.4, -0.2) is 21.7 Å². The predicted octanol–water partition coefficient (Wildman–Crippen LogP) is 3.50. The monoisotopic (exact) mass is 378 g/mol. The molecule has 6 heteroatoms. The van der Waals surface area contributed by atoms with Gasteiger partial charge in [0.1, 0.15) is 12.4 Å². The molecule has 1 heterocycles. The number of Topliss-reactive ketones (excluding diaryl/α,β-unsaturated/α-hetero) is 1. The summed E-state index contributed by atoms with van der Waals surface area (Å²) < 4.78 is 5.17. The number of H-pyrrole nitrogens is 1. The van der Waals surface area contributed by atoms with E-state index in [0.29, 0.717) is 16.5 Å². The van der Waals surface area contributed by atoms with Crippen LogP contribution in [0.15, 0.2) is 47.3 Å². The number of hydrogen-bond acceptors (Lipinski definition) is 5. The number of ketones is 1. The average molecular weight is 378 g/mol. The molecule has 144 valence electrons. The maximum Gasteiger partial charge on any atom is 0.306 e. The predicted molar refractivity (Wildman–Crippen MR) is 106 cm³/mol. The fourth-order valence-corrected chi connectivity index (χ4v) is 2.93. The van der Waals surface area contributed by atoms with Crippen molar-refractivity contribution in [2.45, 2.75) is 39.7 Å². The van der Waals surface area contributed by atoms with Gasteiger partial charge in [-0.1, -0.05) is 43.3 Å². The van der Waals surface area contributed by atoms with E-state index in [2.05, 4.69) is 9.97 Å². The minimum Gasteiger partial charge on any atom is -0.458 e. The van der Waals surface area contributed by atoms with E-state index in [1.165, 1.54) is 0 Å². The normalized spacial score (nSPS) is 10.8. The summed E-state index contributed by atoms with van der Waals surface area (Å²) in [5.74, 6) is -0.333. The molecule has 6 nitrogen and oxygen atoms in total. The summed E-state index contributed by atoms with van der Waals surface area (Å²) in [6.45, 7) is 3.77. The van der Waals surface area contributed by atoms with Crippen LogP contribution < -0.4 is 5.56 Å². The van der Waals surface area contributed by atoms with Gasteiger partial charge < -0.3 is 9.72 Å². The second-order valence-corrected chi connectivity index (χ2v) is 6.62. The second kappa shape index (κ2) is 8.61. The second-order valence-electron chi connectivity index (χ2n) is 6.62. The van der Waals surface area contributed by atoms with Crippen molar-refractivity contribution in [3.05, 3.63) is 75.3 Å². The van der Waals surface area contributed by atoms with Crippen molar-refractivity contribution >= 4 is 22.7 Å². The summed E-state index contributed by atoms with van der Waals surface area (Å²) in [6, 6.07) is 12.7. The van der Waals surface area contributed by atoms with Gasteiger partial charge >= 0.3 is 5.97 Å². The van der Waals surface area contributed by atoms with Crippen LogP contribution in [0.3, 0.4) is 0 Å². The topological polar surface area (TPSA) is 89.1 Å². The standard InChI is InChI=1S/C22H22N2O4/c1-3-15-7-9-16(10-8-15)18(25)11-12-20(26)28-13-19-23-21-14(2)5-4-6-17(21)22(27)24-19/h4-10H,3,11-13H2,1-2H3,(H,23,24,27). The molecule has 0 bridgehead atoms. The van der Waals surface area contributed by atoms with Gasteiger partial charge in [0.25, 0.3) is 5.56 Å². The number of fused-ring (bicyclic) bond motifs is 1. The zero-order valence-corrected chi connectivity index (χ0v) is 16.0. The third-order valence-electron chi connectivity index (χ3n) is 4.60. The number of ether oxygens (including phenoxy) is 1. The summed E-state index contributed by atoms with van der Waals surface area (Å²) in [4.78, 5) is 43.3. The molecular weight excluding hydrogens is 356 g/mol. The van der Waals surface area contributed by atoms with Gasteiger partial charge in [0.15, 0.2) is 5.78 Å². The summed E-state index contributed by atoms with van der Waals surface area (Å²) in [5.41, 5.74) is 2.92. The zero-order chi connectivity index (χ0) is 20.1. The Balaban J connectivity index is 1.57. The van der Waals surface area contributed by atoms with Crippen molar-refractivity contribution in [2.24, 2.45) is 0 Å². The minimum absolute atomic E-state index is 0.0226. The fraction of sp³-hybridized carbons (Fsp3) is 0.273. The zero-order valence-electron chi connectivity index (χ0n) is 16.0. The largest absolute Gasteiger partial charge is 0.458 e. The van der Waals surface area contributed by atoms with Crippen molar-refractivity contribution in [1.82, 2.24) is 9.97 Å². The van der Waals surface area contributed by atoms with E-state index >= 15 is 0 Å². The van der Waals surface area contributed by atoms with Crippen LogP contribution in [0.2, 0.25) is 0 Å². The number of carbonyl (C=O) groups is 2. The van der Waals surface area contributed by atoms with Crippen LogP contribution in [0.4, 0.5) is 0 Å². The van der Waals surface area contributed by atoms with Crippen molar-refractivity contribution in [2.75, 3.05) is 0 Å². The number of para-hydroxylation sites is 1. The van der Waals surface area contributed by atoms with Gasteiger partial charge in [-0.25, -0.2) is 4.98 Å². The van der Waals surface area contributed by atoms with Crippen LogP contribution in [-0.2, 0) is 22.6 Å². The summed E-state index contributed by atoms with van der Waals surface area (Å²) in [7, 11) is 0. The Bertz CT molecular complexity index is 1070. The molecule has 0 saturated heterocycles. The van der Waals surface area contributed by atoms with Gasteiger partial charge in [0.2, 0.25) is 0 Å². The lowest BCUT2D eigenvalue weighted by molar-refractivity contribution is -0.145. The number of aromatic amines is 1. The molecule has 0 unspecified atom stereocenters. The Kier molecular flexibility index (Phi) is 5.99. The average Bonchev–Trinajstić information content (AvgIpc) is 2.71. The van der Waals surface area contributed by atoms with Gasteiger partial charge in [0, 0.05) is 12.0 Å². The van der Waals surface area contributed by atoms with E-state index in [-0.39, 0.29) is 36.6 Å². The molecule has 0 amide bonds. The Labute approximate surface area is 162 Å². The van der Waals surface area contributed by atoms with Gasteiger partial charge in [-0.05, 0) is 30.5 Å². The Morgan fingerprint density at radius 1 is 1.07 bits per heavy atom. The van der Waals surface area contributed by atoms with E-state index < -0.39 is 5.97 Å². The minimum atomic E-state index is -0.508. The maximum atomic E-state index is 12.2. The lowest BCUT2D eigenvalue weighted by Crippen LogP contribution is -2.15. The molecule has 0 aliphatic heterocycles. The van der Waals surface area contributed by atoms with Gasteiger partial charge in [-0.15, -0.1) is 0 Å². The number of nitrogens with zero attached hydrogens (tertiary/aromatic N) is 1. The number of benzene rings is 2. The third kappa shape index (κ3) is 4.52. The Morgan fingerprint density at radius 2 is 1.82 bits per heavy atom. The van der Waals surface area contributed by atoms with E-state index in [0.717, 1.165) is 17.5 Å². The van der Waals surface area contributed by atoms with Gasteiger partial charge in [0.05, 0.1) is 17.3 Å². The fourth-order valence-electron chi connectivity index (χ4n) is 2.93. The van der Waals surface area contributed by atoms with Gasteiger partial charge in [-0.3, -0.25) is 14.4 Å². The van der Waals surface area contributed by atoms with E-state index in [4.69, 9.17) is 4.74 Å². The molecule has 0 radical (unpaired) electrons. The third-order valence-corrected chi connectivity index (χ3v) is 4.60. The van der Waals surface area contributed by atoms with Crippen molar-refractivity contribution in [1.29, 1.82) is 0 Å². The molecular formula is C22H22N2O4. The number of hydrogen-bond donors (Lipinski definition) is 1. The lowest BCUT2D eigenvalue weighted by atomic mass is 10.0. The number of aryl methyl sites for hydroxylation is 2. The first-order chi connectivity index (χ1) is 13.5. The first-order valence-corrected chi connectivity index (χ1v) is 9.24. The molecule has 0 fully saturated rings. The quantitative estimate of drug-likeness (QED) is 0.502. The number of nitrogens with one attached hydrogen (secondary N) is 1. The van der Waals surface area contributed by atoms with Crippen molar-refractivity contribution in [3.8, 4) is 0 Å². The van der Waals surface area contributed by atoms with E-state index in [9.17, 15) is 14.4 Å². The van der Waals surface area contributed by atoms with Crippen LogP contribution in [0.1, 0.15) is 47.1 Å². The number of esters is 1. The molecule has 1 N–H and O–H groups in total. The maximum absolute atomic E-state index is 12.2. The van der Waals surface area contributed by atoms with Crippen molar-refractivity contribution < 1.29 is 14.3 Å². The molecule has 28 heavy (non-hydrogen) atoms. The summed E-state index contributed by atoms with van der Waals surface area (Å²) in [5, 5.41) is 0.495. The number of aromatic nitrogens is 2. The van der Waals surface area contributed by atoms with Crippen LogP contribution in [0.25, 0.3) is 10.9 Å². The highest BCUT2D eigenvalue weighted by molar-refractivity contribution is 5.97. The first-order valence-electron chi connectivity index (χ1n) is 9.24. The number of rotatable bonds is 7. The molecule has 0 aliphatic carbocycles. The highest BCUT2D eigenvalue weighted by atomic mass is 16.5. The number of carbonyl (C=O) groups excluding carboxylic acids is 2. The lowest BCUT2D eigenvalue weighted by Gasteiger charge is -2.07. The molecule has 0 atom stereocenters. The highest BCUT2D eigenvalue weighted by Crippen LogP contribution is 2.13. The summed E-state index contributed by atoms with van der Waals surface area (Å²) >= 11 is 0. The van der Waals surface area contributed by atoms with E-state index in [1.807, 2.05) is 32.0 Å². The van der Waals surface area contributed by atoms with Crippen LogP contribution in [0, 0.1) is 6.92 Å². The molecule has 2 aromatic carbocycles. The highest BCUT2D eigenvalue weighted by Gasteiger charge is 2.12. The van der Waals surface area contributed by atoms with E-state index in [1.54, 1.807) is 24.3 Å². The van der Waals surface area contributed by atoms with Crippen LogP contribution >= 0.6 is 0 Å². The molecule has 0 spiro atoms. The molecule has 1 aromatic heterocycles. The molecule has 3 rings (SSSR count). The smallest absolute Gasteiger partial charge is 0.306 e. The van der Waals surface area contributed by atoms with Crippen LogP contribution in [0.5, 0.6) is 0 Å². The molecule has 3 aromatic rings. The van der Waals surface area contributed by atoms with Crippen molar-refractivity contribution in [3.63, 3.8) is 0 Å². The Morgan fingerprint density at radius 3 is 2.54 bits per heavy atom. The van der Waals surface area contributed by atoms with Gasteiger partial charge in [-0.2, -0.15) is 0 Å².